The monoisotopic (exact) mass is 250 g/mol. The van der Waals surface area contributed by atoms with Gasteiger partial charge in [-0.3, -0.25) is 4.79 Å². The SMILES string of the molecule is CCNC(=O)c1cc(NC)ccc1[Si](C)(C)C. The normalized spacial score (nSPS) is 11.1. The third-order valence-electron chi connectivity index (χ3n) is 2.70. The minimum atomic E-state index is -1.49. The van der Waals surface area contributed by atoms with Crippen LogP contribution in [0, 0.1) is 0 Å². The van der Waals surface area contributed by atoms with Gasteiger partial charge in [0.15, 0.2) is 0 Å². The van der Waals surface area contributed by atoms with Crippen LogP contribution in [0.3, 0.4) is 0 Å². The number of anilines is 1. The molecule has 0 saturated heterocycles. The Morgan fingerprint density at radius 1 is 1.29 bits per heavy atom. The summed E-state index contributed by atoms with van der Waals surface area (Å²) in [5, 5.41) is 7.17. The molecule has 0 aromatic heterocycles. The van der Waals surface area contributed by atoms with Crippen molar-refractivity contribution in [1.82, 2.24) is 5.32 Å². The van der Waals surface area contributed by atoms with Gasteiger partial charge >= 0.3 is 0 Å². The summed E-state index contributed by atoms with van der Waals surface area (Å²) in [7, 11) is 0.372. The quantitative estimate of drug-likeness (QED) is 0.803. The molecule has 0 spiro atoms. The average molecular weight is 250 g/mol. The van der Waals surface area contributed by atoms with Crippen molar-refractivity contribution in [2.24, 2.45) is 0 Å². The maximum atomic E-state index is 12.1. The fourth-order valence-corrected chi connectivity index (χ4v) is 3.37. The standard InChI is InChI=1S/C13H22N2OSi/c1-6-15-13(16)11-9-10(14-2)7-8-12(11)17(3,4)5/h7-9,14H,6H2,1-5H3,(H,15,16). The predicted octanol–water partition coefficient (Wildman–Crippen LogP) is 2.02. The van der Waals surface area contributed by atoms with Crippen molar-refractivity contribution in [2.45, 2.75) is 26.6 Å². The van der Waals surface area contributed by atoms with E-state index in [1.165, 1.54) is 5.19 Å². The number of hydrogen-bond acceptors (Lipinski definition) is 2. The Labute approximate surface area is 105 Å². The van der Waals surface area contributed by atoms with Crippen molar-refractivity contribution in [3.63, 3.8) is 0 Å². The Bertz CT molecular complexity index is 410. The van der Waals surface area contributed by atoms with Gasteiger partial charge in [0.1, 0.15) is 0 Å². The van der Waals surface area contributed by atoms with Gasteiger partial charge in [0, 0.05) is 24.8 Å². The van der Waals surface area contributed by atoms with Crippen molar-refractivity contribution in [1.29, 1.82) is 0 Å². The van der Waals surface area contributed by atoms with E-state index in [1.807, 2.05) is 26.1 Å². The number of nitrogens with one attached hydrogen (secondary N) is 2. The highest BCUT2D eigenvalue weighted by Crippen LogP contribution is 2.13. The minimum absolute atomic E-state index is 0.0297. The summed E-state index contributed by atoms with van der Waals surface area (Å²) in [6, 6.07) is 6.07. The molecule has 17 heavy (non-hydrogen) atoms. The van der Waals surface area contributed by atoms with Crippen LogP contribution in [0.25, 0.3) is 0 Å². The molecule has 4 heteroatoms. The summed E-state index contributed by atoms with van der Waals surface area (Å²) >= 11 is 0. The van der Waals surface area contributed by atoms with E-state index >= 15 is 0 Å². The van der Waals surface area contributed by atoms with Gasteiger partial charge < -0.3 is 10.6 Å². The number of hydrogen-bond donors (Lipinski definition) is 2. The van der Waals surface area contributed by atoms with Crippen LogP contribution in [0.4, 0.5) is 5.69 Å². The van der Waals surface area contributed by atoms with Crippen LogP contribution in [0.5, 0.6) is 0 Å². The Morgan fingerprint density at radius 2 is 1.94 bits per heavy atom. The fourth-order valence-electron chi connectivity index (χ4n) is 1.80. The number of rotatable bonds is 4. The van der Waals surface area contributed by atoms with Crippen LogP contribution in [0.2, 0.25) is 19.6 Å². The van der Waals surface area contributed by atoms with Gasteiger partial charge in [-0.2, -0.15) is 0 Å². The zero-order valence-electron chi connectivity index (χ0n) is 11.3. The molecule has 94 valence electrons. The van der Waals surface area contributed by atoms with E-state index in [4.69, 9.17) is 0 Å². The third-order valence-corrected chi connectivity index (χ3v) is 4.75. The van der Waals surface area contributed by atoms with E-state index in [2.05, 4.69) is 36.3 Å². The van der Waals surface area contributed by atoms with E-state index in [0.29, 0.717) is 6.54 Å². The molecule has 3 nitrogen and oxygen atoms in total. The van der Waals surface area contributed by atoms with Crippen molar-refractivity contribution >= 4 is 24.9 Å². The highest BCUT2D eigenvalue weighted by molar-refractivity contribution is 6.89. The number of carbonyl (C=O) groups is 1. The zero-order valence-corrected chi connectivity index (χ0v) is 12.3. The molecular formula is C13H22N2OSi. The molecular weight excluding hydrogens is 228 g/mol. The molecule has 1 amide bonds. The van der Waals surface area contributed by atoms with Crippen LogP contribution in [-0.4, -0.2) is 27.6 Å². The summed E-state index contributed by atoms with van der Waals surface area (Å²) in [6.07, 6.45) is 0. The smallest absolute Gasteiger partial charge is 0.251 e. The molecule has 0 atom stereocenters. The number of carbonyl (C=O) groups excluding carboxylic acids is 1. The summed E-state index contributed by atoms with van der Waals surface area (Å²) in [5.41, 5.74) is 1.80. The lowest BCUT2D eigenvalue weighted by Crippen LogP contribution is -2.43. The minimum Gasteiger partial charge on any atom is -0.388 e. The second-order valence-electron chi connectivity index (χ2n) is 5.12. The molecule has 0 unspecified atom stereocenters. The van der Waals surface area contributed by atoms with Gasteiger partial charge in [-0.1, -0.05) is 25.7 Å². The highest BCUT2D eigenvalue weighted by atomic mass is 28.3. The number of amides is 1. The molecule has 0 radical (unpaired) electrons. The average Bonchev–Trinajstić information content (AvgIpc) is 2.27. The Hall–Kier alpha value is -1.29. The molecule has 1 aromatic carbocycles. The van der Waals surface area contributed by atoms with Gasteiger partial charge in [-0.25, -0.2) is 0 Å². The predicted molar refractivity (Wildman–Crippen MR) is 77.0 cm³/mol. The Kier molecular flexibility index (Phi) is 4.34. The highest BCUT2D eigenvalue weighted by Gasteiger charge is 2.23. The molecule has 0 fully saturated rings. The summed E-state index contributed by atoms with van der Waals surface area (Å²) in [6.45, 7) is 9.36. The molecule has 1 aromatic rings. The first-order valence-electron chi connectivity index (χ1n) is 6.00. The zero-order chi connectivity index (χ0) is 13.1. The van der Waals surface area contributed by atoms with Crippen molar-refractivity contribution in [3.05, 3.63) is 23.8 Å². The molecule has 0 aliphatic heterocycles. The van der Waals surface area contributed by atoms with Gasteiger partial charge in [0.25, 0.3) is 5.91 Å². The van der Waals surface area contributed by atoms with E-state index in [-0.39, 0.29) is 5.91 Å². The lowest BCUT2D eigenvalue weighted by atomic mass is 10.2. The first-order chi connectivity index (χ1) is 7.90. The van der Waals surface area contributed by atoms with Crippen LogP contribution in [-0.2, 0) is 0 Å². The molecule has 2 N–H and O–H groups in total. The van der Waals surface area contributed by atoms with Crippen LogP contribution >= 0.6 is 0 Å². The van der Waals surface area contributed by atoms with Gasteiger partial charge in [0.05, 0.1) is 8.07 Å². The maximum absolute atomic E-state index is 12.1. The first kappa shape index (κ1) is 13.8. The molecule has 0 aliphatic rings. The van der Waals surface area contributed by atoms with Crippen LogP contribution in [0.1, 0.15) is 17.3 Å². The molecule has 0 heterocycles. The summed E-state index contributed by atoms with van der Waals surface area (Å²) in [5.74, 6) is 0.0297. The second kappa shape index (κ2) is 5.36. The topological polar surface area (TPSA) is 41.1 Å². The van der Waals surface area contributed by atoms with Crippen LogP contribution < -0.4 is 15.8 Å². The molecule has 0 aliphatic carbocycles. The molecule has 0 bridgehead atoms. The van der Waals surface area contributed by atoms with E-state index < -0.39 is 8.07 Å². The summed E-state index contributed by atoms with van der Waals surface area (Å²) < 4.78 is 0. The lowest BCUT2D eigenvalue weighted by Gasteiger charge is -2.21. The van der Waals surface area contributed by atoms with Crippen molar-refractivity contribution < 1.29 is 4.79 Å². The second-order valence-corrected chi connectivity index (χ2v) is 10.2. The van der Waals surface area contributed by atoms with Gasteiger partial charge in [-0.05, 0) is 24.2 Å². The fraction of sp³-hybridized carbons (Fsp3) is 0.462. The molecule has 1 rings (SSSR count). The van der Waals surface area contributed by atoms with Gasteiger partial charge in [0.2, 0.25) is 0 Å². The van der Waals surface area contributed by atoms with Crippen molar-refractivity contribution in [3.8, 4) is 0 Å². The largest absolute Gasteiger partial charge is 0.388 e. The molecule has 0 saturated carbocycles. The number of benzene rings is 1. The van der Waals surface area contributed by atoms with E-state index in [0.717, 1.165) is 11.3 Å². The maximum Gasteiger partial charge on any atom is 0.251 e. The van der Waals surface area contributed by atoms with Gasteiger partial charge in [-0.15, -0.1) is 0 Å². The van der Waals surface area contributed by atoms with Crippen LogP contribution in [0.15, 0.2) is 18.2 Å². The Morgan fingerprint density at radius 3 is 2.41 bits per heavy atom. The Balaban J connectivity index is 3.26. The summed E-state index contributed by atoms with van der Waals surface area (Å²) in [4.78, 5) is 12.1. The van der Waals surface area contributed by atoms with E-state index in [9.17, 15) is 4.79 Å². The van der Waals surface area contributed by atoms with Crippen molar-refractivity contribution in [2.75, 3.05) is 18.9 Å². The lowest BCUT2D eigenvalue weighted by molar-refractivity contribution is 0.0957. The van der Waals surface area contributed by atoms with E-state index in [1.54, 1.807) is 0 Å². The first-order valence-corrected chi connectivity index (χ1v) is 9.50. The third kappa shape index (κ3) is 3.33.